The highest BCUT2D eigenvalue weighted by Crippen LogP contribution is 2.66. The number of hydrogen-bond donors (Lipinski definition) is 7. The number of anilines is 1. The summed E-state index contributed by atoms with van der Waals surface area (Å²) in [6, 6.07) is 0. The summed E-state index contributed by atoms with van der Waals surface area (Å²) in [7, 11) is -16.9. The van der Waals surface area contributed by atoms with Crippen LogP contribution in [-0.2, 0) is 31.6 Å². The van der Waals surface area contributed by atoms with Gasteiger partial charge in [0.15, 0.2) is 17.7 Å². The first kappa shape index (κ1) is 27.0. The van der Waals surface area contributed by atoms with Crippen LogP contribution in [0.25, 0.3) is 11.2 Å². The minimum Gasteiger partial charge on any atom is -0.387 e. The van der Waals surface area contributed by atoms with Crippen molar-refractivity contribution in [1.82, 2.24) is 19.5 Å². The number of fused-ring (bicyclic) bond motifs is 1. The van der Waals surface area contributed by atoms with Crippen LogP contribution in [0, 0.1) is 0 Å². The number of imidazole rings is 1. The average molecular weight is 547 g/mol. The molecule has 2 aromatic heterocycles. The van der Waals surface area contributed by atoms with Crippen LogP contribution in [0.1, 0.15) is 12.6 Å². The maximum Gasteiger partial charge on any atom is 0.490 e. The van der Waals surface area contributed by atoms with Gasteiger partial charge in [-0.1, -0.05) is 6.08 Å². The number of hydrogen-bond acceptors (Lipinski definition) is 13. The van der Waals surface area contributed by atoms with Gasteiger partial charge in [0.2, 0.25) is 0 Å². The summed E-state index contributed by atoms with van der Waals surface area (Å²) < 4.78 is 53.5. The van der Waals surface area contributed by atoms with E-state index in [0.29, 0.717) is 0 Å². The Hall–Kier alpha value is -1.62. The molecule has 190 valence electrons. The lowest BCUT2D eigenvalue weighted by molar-refractivity contribution is -0.0797. The molecule has 0 saturated carbocycles. The second-order valence-electron chi connectivity index (χ2n) is 6.81. The van der Waals surface area contributed by atoms with Crippen LogP contribution in [0.4, 0.5) is 5.82 Å². The average Bonchev–Trinajstić information content (AvgIpc) is 3.21. The van der Waals surface area contributed by atoms with Crippen molar-refractivity contribution in [2.75, 3.05) is 5.73 Å². The Morgan fingerprint density at radius 1 is 1.12 bits per heavy atom. The molecule has 3 heterocycles. The zero-order valence-electron chi connectivity index (χ0n) is 16.8. The predicted molar refractivity (Wildman–Crippen MR) is 109 cm³/mol. The number of rotatable bonds is 10. The number of phosphoric ester groups is 1. The van der Waals surface area contributed by atoms with Crippen molar-refractivity contribution in [3.8, 4) is 0 Å². The van der Waals surface area contributed by atoms with Gasteiger partial charge in [0.1, 0.15) is 36.3 Å². The first-order chi connectivity index (χ1) is 15.6. The minimum absolute atomic E-state index is 0.0329. The van der Waals surface area contributed by atoms with E-state index in [1.807, 2.05) is 0 Å². The Balaban J connectivity index is 1.83. The monoisotopic (exact) mass is 547 g/mol. The lowest BCUT2D eigenvalue weighted by Crippen LogP contribution is -2.39. The van der Waals surface area contributed by atoms with E-state index >= 15 is 0 Å². The molecule has 1 aliphatic rings. The third-order valence-corrected chi connectivity index (χ3v) is 8.25. The fourth-order valence-electron chi connectivity index (χ4n) is 3.15. The molecule has 18 nitrogen and oxygen atoms in total. The number of phosphoric acid groups is 3. The van der Waals surface area contributed by atoms with Crippen molar-refractivity contribution >= 4 is 40.4 Å². The molecule has 8 N–H and O–H groups in total. The summed E-state index contributed by atoms with van der Waals surface area (Å²) in [5.74, 6) is 0.0329. The first-order valence-electron chi connectivity index (χ1n) is 9.02. The van der Waals surface area contributed by atoms with E-state index in [4.69, 9.17) is 24.8 Å². The lowest BCUT2D eigenvalue weighted by atomic mass is 10.0. The molecule has 34 heavy (non-hydrogen) atoms. The van der Waals surface area contributed by atoms with Crippen LogP contribution in [-0.4, -0.2) is 73.7 Å². The molecule has 21 heteroatoms. The van der Waals surface area contributed by atoms with Crippen LogP contribution in [0.5, 0.6) is 0 Å². The highest BCUT2D eigenvalue weighted by molar-refractivity contribution is 7.66. The number of aliphatic hydroxyl groups is 2. The van der Waals surface area contributed by atoms with Gasteiger partial charge >= 0.3 is 23.5 Å². The maximum atomic E-state index is 12.2. The van der Waals surface area contributed by atoms with Gasteiger partial charge in [-0.25, -0.2) is 28.6 Å². The SMILES string of the molecule is C=CCC(OP(=O)(O)OP(=O)(O)OP(=O)(O)O)[C@H]1O[C@@H](n2cnc3c(N)ncnc32)[C@H](O)[C@@H]1O. The first-order valence-corrected chi connectivity index (χ1v) is 13.5. The van der Waals surface area contributed by atoms with Gasteiger partial charge in [0.25, 0.3) is 0 Å². The standard InChI is InChI=1S/C13H20N5O13P3/c1-2-3-6(29-33(24,25)31-34(26,27)30-32(21,22)23)10-8(19)9(20)13(28-10)18-5-17-7-11(14)15-4-16-12(7)18/h2,4-6,8-10,13,19-20H,1,3H2,(H,24,25)(H,26,27)(H2,14,15,16)(H2,21,22,23)/t6?,8-,9+,10+,13+/m0/s1. The summed E-state index contributed by atoms with van der Waals surface area (Å²) in [5.41, 5.74) is 6.03. The Labute approximate surface area is 190 Å². The molecule has 2 aromatic rings. The molecule has 0 amide bonds. The van der Waals surface area contributed by atoms with E-state index in [9.17, 15) is 33.7 Å². The van der Waals surface area contributed by atoms with Gasteiger partial charge in [0, 0.05) is 0 Å². The van der Waals surface area contributed by atoms with E-state index in [1.165, 1.54) is 17.0 Å². The summed E-state index contributed by atoms with van der Waals surface area (Å²) in [6.45, 7) is 3.42. The Kier molecular flexibility index (Phi) is 7.77. The fraction of sp³-hybridized carbons (Fsp3) is 0.462. The smallest absolute Gasteiger partial charge is 0.387 e. The van der Waals surface area contributed by atoms with Crippen molar-refractivity contribution in [3.05, 3.63) is 25.3 Å². The van der Waals surface area contributed by atoms with Gasteiger partial charge < -0.3 is 40.3 Å². The van der Waals surface area contributed by atoms with E-state index in [0.717, 1.165) is 6.33 Å². The second kappa shape index (κ2) is 9.79. The summed E-state index contributed by atoms with van der Waals surface area (Å²) >= 11 is 0. The number of ether oxygens (including phenoxy) is 1. The van der Waals surface area contributed by atoms with E-state index in [2.05, 4.69) is 30.2 Å². The summed E-state index contributed by atoms with van der Waals surface area (Å²) in [5, 5.41) is 21.0. The quantitative estimate of drug-likeness (QED) is 0.143. The van der Waals surface area contributed by atoms with Crippen LogP contribution in [0.2, 0.25) is 0 Å². The van der Waals surface area contributed by atoms with Gasteiger partial charge in [-0.05, 0) is 6.42 Å². The van der Waals surface area contributed by atoms with E-state index < -0.39 is 54.1 Å². The number of nitrogens with two attached hydrogens (primary N) is 1. The minimum atomic E-state index is -5.77. The molecule has 3 unspecified atom stereocenters. The number of aromatic nitrogens is 4. The molecule has 0 spiro atoms. The summed E-state index contributed by atoms with van der Waals surface area (Å²) in [4.78, 5) is 48.1. The molecule has 1 saturated heterocycles. The molecule has 0 aromatic carbocycles. The molecule has 1 fully saturated rings. The Morgan fingerprint density at radius 2 is 1.79 bits per heavy atom. The zero-order chi connectivity index (χ0) is 25.5. The molecular formula is C13H20N5O13P3. The third kappa shape index (κ3) is 6.13. The number of nitrogens with zero attached hydrogens (tertiary/aromatic N) is 4. The molecular weight excluding hydrogens is 527 g/mol. The molecule has 1 aliphatic heterocycles. The van der Waals surface area contributed by atoms with Crippen molar-refractivity contribution in [1.29, 1.82) is 0 Å². The third-order valence-electron chi connectivity index (χ3n) is 4.39. The zero-order valence-corrected chi connectivity index (χ0v) is 19.5. The Bertz CT molecular complexity index is 1200. The van der Waals surface area contributed by atoms with Gasteiger partial charge in [-0.15, -0.1) is 6.58 Å². The molecule has 0 radical (unpaired) electrons. The highest BCUT2D eigenvalue weighted by Gasteiger charge is 2.50. The van der Waals surface area contributed by atoms with Crippen LogP contribution >= 0.6 is 23.5 Å². The topological polar surface area (TPSA) is 279 Å². The molecule has 7 atom stereocenters. The Morgan fingerprint density at radius 3 is 2.41 bits per heavy atom. The number of aliphatic hydroxyl groups excluding tert-OH is 2. The molecule has 0 aliphatic carbocycles. The largest absolute Gasteiger partial charge is 0.490 e. The van der Waals surface area contributed by atoms with Gasteiger partial charge in [-0.2, -0.15) is 8.62 Å². The van der Waals surface area contributed by atoms with E-state index in [1.54, 1.807) is 0 Å². The normalized spacial score (nSPS) is 27.8. The fourth-order valence-corrected chi connectivity index (χ4v) is 6.36. The van der Waals surface area contributed by atoms with Gasteiger partial charge in [0.05, 0.1) is 6.33 Å². The molecule has 0 bridgehead atoms. The van der Waals surface area contributed by atoms with Crippen molar-refractivity contribution in [2.45, 2.75) is 37.1 Å². The van der Waals surface area contributed by atoms with Gasteiger partial charge in [-0.3, -0.25) is 9.09 Å². The van der Waals surface area contributed by atoms with Crippen LogP contribution < -0.4 is 5.73 Å². The van der Waals surface area contributed by atoms with Crippen LogP contribution in [0.3, 0.4) is 0 Å². The van der Waals surface area contributed by atoms with Crippen molar-refractivity contribution < 1.29 is 61.4 Å². The maximum absolute atomic E-state index is 12.2. The van der Waals surface area contributed by atoms with E-state index in [-0.39, 0.29) is 23.4 Å². The number of nitrogen functional groups attached to an aromatic ring is 1. The second-order valence-corrected chi connectivity index (χ2v) is 11.2. The van der Waals surface area contributed by atoms with Crippen molar-refractivity contribution in [3.63, 3.8) is 0 Å². The van der Waals surface area contributed by atoms with Crippen molar-refractivity contribution in [2.24, 2.45) is 0 Å². The predicted octanol–water partition coefficient (Wildman–Crippen LogP) is -0.684. The lowest BCUT2D eigenvalue weighted by Gasteiger charge is -2.26. The summed E-state index contributed by atoms with van der Waals surface area (Å²) in [6.07, 6.45) is -4.70. The van der Waals surface area contributed by atoms with Crippen LogP contribution in [0.15, 0.2) is 25.3 Å². The highest BCUT2D eigenvalue weighted by atomic mass is 31.3. The molecule has 3 rings (SSSR count).